The van der Waals surface area contributed by atoms with E-state index in [0.29, 0.717) is 12.6 Å². The first-order chi connectivity index (χ1) is 6.15. The van der Waals surface area contributed by atoms with Crippen molar-refractivity contribution in [3.63, 3.8) is 0 Å². The lowest BCUT2D eigenvalue weighted by molar-refractivity contribution is -0.137. The van der Waals surface area contributed by atoms with Crippen molar-refractivity contribution in [3.05, 3.63) is 0 Å². The number of carbonyl (C=O) groups is 1. The van der Waals surface area contributed by atoms with Crippen LogP contribution in [0.15, 0.2) is 0 Å². The molecule has 3 heteroatoms. The quantitative estimate of drug-likeness (QED) is 0.566. The van der Waals surface area contributed by atoms with Gasteiger partial charge in [-0.1, -0.05) is 0 Å². The van der Waals surface area contributed by atoms with E-state index in [2.05, 4.69) is 17.7 Å². The fourth-order valence-corrected chi connectivity index (χ4v) is 1.50. The smallest absolute Gasteiger partial charge is 0.236 e. The summed E-state index contributed by atoms with van der Waals surface area (Å²) in [7, 11) is 1.85. The standard InChI is InChI=1S/C10H16N2O/c1-4-5-6-12-7-9(2)11(3)10(13)8-12/h1,9H,5-8H2,2-3H3. The van der Waals surface area contributed by atoms with Gasteiger partial charge in [-0.15, -0.1) is 12.3 Å². The molecule has 0 saturated carbocycles. The van der Waals surface area contributed by atoms with Gasteiger partial charge in [-0.2, -0.15) is 0 Å². The first-order valence-electron chi connectivity index (χ1n) is 4.56. The van der Waals surface area contributed by atoms with Gasteiger partial charge < -0.3 is 4.90 Å². The molecule has 1 atom stereocenters. The summed E-state index contributed by atoms with van der Waals surface area (Å²) in [6.07, 6.45) is 5.90. The van der Waals surface area contributed by atoms with Gasteiger partial charge in [0.25, 0.3) is 0 Å². The highest BCUT2D eigenvalue weighted by molar-refractivity contribution is 5.79. The van der Waals surface area contributed by atoms with Crippen LogP contribution in [0, 0.1) is 12.3 Å². The van der Waals surface area contributed by atoms with Crippen LogP contribution in [0.3, 0.4) is 0 Å². The Balaban J connectivity index is 2.45. The van der Waals surface area contributed by atoms with E-state index < -0.39 is 0 Å². The third-order valence-corrected chi connectivity index (χ3v) is 2.51. The third kappa shape index (κ3) is 2.46. The normalized spacial score (nSPS) is 24.5. The highest BCUT2D eigenvalue weighted by Crippen LogP contribution is 2.08. The SMILES string of the molecule is C#CCCN1CC(=O)N(C)C(C)C1. The molecule has 1 aliphatic rings. The van der Waals surface area contributed by atoms with Crippen molar-refractivity contribution >= 4 is 5.91 Å². The summed E-state index contributed by atoms with van der Waals surface area (Å²) in [5, 5.41) is 0. The highest BCUT2D eigenvalue weighted by atomic mass is 16.2. The number of rotatable bonds is 2. The number of hydrogen-bond donors (Lipinski definition) is 0. The van der Waals surface area contributed by atoms with Gasteiger partial charge in [0.15, 0.2) is 0 Å². The molecule has 1 aliphatic heterocycles. The lowest BCUT2D eigenvalue weighted by atomic mass is 10.2. The average molecular weight is 180 g/mol. The zero-order chi connectivity index (χ0) is 9.84. The lowest BCUT2D eigenvalue weighted by Crippen LogP contribution is -2.53. The maximum absolute atomic E-state index is 11.4. The molecular weight excluding hydrogens is 164 g/mol. The number of hydrogen-bond acceptors (Lipinski definition) is 2. The van der Waals surface area contributed by atoms with Crippen molar-refractivity contribution in [1.29, 1.82) is 0 Å². The third-order valence-electron chi connectivity index (χ3n) is 2.51. The van der Waals surface area contributed by atoms with Crippen LogP contribution in [-0.4, -0.2) is 48.4 Å². The van der Waals surface area contributed by atoms with Crippen molar-refractivity contribution in [2.75, 3.05) is 26.7 Å². The summed E-state index contributed by atoms with van der Waals surface area (Å²) in [5.41, 5.74) is 0. The van der Waals surface area contributed by atoms with E-state index >= 15 is 0 Å². The molecule has 0 radical (unpaired) electrons. The molecule has 72 valence electrons. The fourth-order valence-electron chi connectivity index (χ4n) is 1.50. The minimum Gasteiger partial charge on any atom is -0.341 e. The second-order valence-electron chi connectivity index (χ2n) is 3.54. The molecule has 1 amide bonds. The fraction of sp³-hybridized carbons (Fsp3) is 0.700. The predicted octanol–water partition coefficient (Wildman–Crippen LogP) is 0.172. The topological polar surface area (TPSA) is 23.6 Å². The Kier molecular flexibility index (Phi) is 3.32. The Labute approximate surface area is 79.7 Å². The van der Waals surface area contributed by atoms with E-state index in [1.165, 1.54) is 0 Å². The van der Waals surface area contributed by atoms with Crippen LogP contribution in [-0.2, 0) is 4.79 Å². The van der Waals surface area contributed by atoms with Crippen LogP contribution in [0.5, 0.6) is 0 Å². The average Bonchev–Trinajstić information content (AvgIpc) is 2.10. The monoisotopic (exact) mass is 180 g/mol. The van der Waals surface area contributed by atoms with Gasteiger partial charge in [0.1, 0.15) is 0 Å². The highest BCUT2D eigenvalue weighted by Gasteiger charge is 2.25. The van der Waals surface area contributed by atoms with Crippen molar-refractivity contribution < 1.29 is 4.79 Å². The second kappa shape index (κ2) is 4.29. The summed E-state index contributed by atoms with van der Waals surface area (Å²) in [6.45, 7) is 4.34. The Hall–Kier alpha value is -1.01. The van der Waals surface area contributed by atoms with Crippen LogP contribution >= 0.6 is 0 Å². The Morgan fingerprint density at radius 1 is 1.69 bits per heavy atom. The number of piperazine rings is 1. The summed E-state index contributed by atoms with van der Waals surface area (Å²) < 4.78 is 0. The van der Waals surface area contributed by atoms with Crippen molar-refractivity contribution in [2.45, 2.75) is 19.4 Å². The molecule has 1 rings (SSSR count). The van der Waals surface area contributed by atoms with E-state index in [9.17, 15) is 4.79 Å². The van der Waals surface area contributed by atoms with Gasteiger partial charge in [0, 0.05) is 32.6 Å². The van der Waals surface area contributed by atoms with Gasteiger partial charge in [0.05, 0.1) is 6.54 Å². The first kappa shape index (κ1) is 10.1. The molecule has 1 fully saturated rings. The molecule has 0 bridgehead atoms. The summed E-state index contributed by atoms with van der Waals surface area (Å²) in [6, 6.07) is 0.305. The summed E-state index contributed by atoms with van der Waals surface area (Å²) in [5.74, 6) is 2.78. The molecule has 0 aromatic heterocycles. The summed E-state index contributed by atoms with van der Waals surface area (Å²) >= 11 is 0. The molecule has 3 nitrogen and oxygen atoms in total. The molecule has 0 aromatic rings. The van der Waals surface area contributed by atoms with E-state index in [-0.39, 0.29) is 5.91 Å². The Morgan fingerprint density at radius 2 is 2.38 bits per heavy atom. The van der Waals surface area contributed by atoms with Crippen LogP contribution < -0.4 is 0 Å². The van der Waals surface area contributed by atoms with Crippen molar-refractivity contribution in [1.82, 2.24) is 9.80 Å². The van der Waals surface area contributed by atoms with Gasteiger partial charge in [0.2, 0.25) is 5.91 Å². The summed E-state index contributed by atoms with van der Waals surface area (Å²) in [4.78, 5) is 15.3. The molecule has 1 heterocycles. The van der Waals surface area contributed by atoms with E-state index in [4.69, 9.17) is 6.42 Å². The van der Waals surface area contributed by atoms with Gasteiger partial charge in [-0.3, -0.25) is 9.69 Å². The van der Waals surface area contributed by atoms with E-state index in [1.54, 1.807) is 4.90 Å². The number of amides is 1. The number of nitrogens with zero attached hydrogens (tertiary/aromatic N) is 2. The van der Waals surface area contributed by atoms with Crippen LogP contribution in [0.1, 0.15) is 13.3 Å². The lowest BCUT2D eigenvalue weighted by Gasteiger charge is -2.36. The van der Waals surface area contributed by atoms with Gasteiger partial charge in [-0.05, 0) is 6.92 Å². The molecule has 0 N–H and O–H groups in total. The van der Waals surface area contributed by atoms with Crippen LogP contribution in [0.2, 0.25) is 0 Å². The zero-order valence-corrected chi connectivity index (χ0v) is 8.29. The van der Waals surface area contributed by atoms with E-state index in [1.807, 2.05) is 7.05 Å². The largest absolute Gasteiger partial charge is 0.341 e. The number of likely N-dealkylation sites (N-methyl/N-ethyl adjacent to an activating group) is 1. The number of terminal acetylenes is 1. The van der Waals surface area contributed by atoms with Crippen molar-refractivity contribution in [3.8, 4) is 12.3 Å². The van der Waals surface area contributed by atoms with Gasteiger partial charge in [-0.25, -0.2) is 0 Å². The molecule has 0 aromatic carbocycles. The maximum Gasteiger partial charge on any atom is 0.236 e. The Morgan fingerprint density at radius 3 is 2.92 bits per heavy atom. The molecular formula is C10H16N2O. The van der Waals surface area contributed by atoms with E-state index in [0.717, 1.165) is 19.5 Å². The zero-order valence-electron chi connectivity index (χ0n) is 8.29. The van der Waals surface area contributed by atoms with Crippen LogP contribution in [0.25, 0.3) is 0 Å². The molecule has 1 unspecified atom stereocenters. The first-order valence-corrected chi connectivity index (χ1v) is 4.56. The molecule has 0 spiro atoms. The number of carbonyl (C=O) groups excluding carboxylic acids is 1. The molecule has 13 heavy (non-hydrogen) atoms. The maximum atomic E-state index is 11.4. The Bertz CT molecular complexity index is 232. The van der Waals surface area contributed by atoms with Gasteiger partial charge >= 0.3 is 0 Å². The van der Waals surface area contributed by atoms with Crippen LogP contribution in [0.4, 0.5) is 0 Å². The second-order valence-corrected chi connectivity index (χ2v) is 3.54. The minimum absolute atomic E-state index is 0.191. The molecule has 1 saturated heterocycles. The minimum atomic E-state index is 0.191. The van der Waals surface area contributed by atoms with Crippen molar-refractivity contribution in [2.24, 2.45) is 0 Å². The molecule has 0 aliphatic carbocycles. The predicted molar refractivity (Wildman–Crippen MR) is 52.1 cm³/mol.